The Morgan fingerprint density at radius 1 is 0.788 bits per heavy atom. The molecule has 3 aliphatic heterocycles. The molecular formula is C29H35N3O. The maximum Gasteiger partial charge on any atom is 0.238 e. The molecule has 5 rings (SSSR count). The second kappa shape index (κ2) is 9.28. The Morgan fingerprint density at radius 3 is 1.94 bits per heavy atom. The molecule has 0 atom stereocenters. The molecule has 33 heavy (non-hydrogen) atoms. The minimum absolute atomic E-state index is 0.271. The van der Waals surface area contributed by atoms with Gasteiger partial charge in [0.2, 0.25) is 5.91 Å². The van der Waals surface area contributed by atoms with E-state index < -0.39 is 5.41 Å². The molecule has 0 aromatic heterocycles. The molecule has 3 heterocycles. The maximum absolute atomic E-state index is 14.4. The van der Waals surface area contributed by atoms with Gasteiger partial charge >= 0.3 is 0 Å². The van der Waals surface area contributed by atoms with Gasteiger partial charge in [-0.05, 0) is 57.0 Å². The first-order valence-electron chi connectivity index (χ1n) is 12.2. The van der Waals surface area contributed by atoms with Crippen molar-refractivity contribution in [3.63, 3.8) is 0 Å². The first-order valence-corrected chi connectivity index (χ1v) is 12.2. The Kier molecular flexibility index (Phi) is 6.22. The summed E-state index contributed by atoms with van der Waals surface area (Å²) >= 11 is 0. The van der Waals surface area contributed by atoms with E-state index in [1.54, 1.807) is 0 Å². The predicted octanol–water partition coefficient (Wildman–Crippen LogP) is 4.78. The van der Waals surface area contributed by atoms with Gasteiger partial charge in [-0.15, -0.1) is 0 Å². The highest BCUT2D eigenvalue weighted by molar-refractivity contribution is 6.08. The van der Waals surface area contributed by atoms with E-state index in [1.165, 1.54) is 22.3 Å². The SMILES string of the molecule is CN1CC=C(CC2(CC3=CCN(C)CC3)C(=O)N(Cc3ccccc3)c3ccccc32)CC1. The molecule has 0 N–H and O–H groups in total. The van der Waals surface area contributed by atoms with Crippen LogP contribution in [-0.4, -0.2) is 56.0 Å². The molecule has 0 aliphatic carbocycles. The van der Waals surface area contributed by atoms with E-state index in [9.17, 15) is 4.79 Å². The van der Waals surface area contributed by atoms with Crippen LogP contribution in [0.5, 0.6) is 0 Å². The number of likely N-dealkylation sites (N-methyl/N-ethyl adjacent to an activating group) is 2. The highest BCUT2D eigenvalue weighted by Gasteiger charge is 2.51. The third-order valence-corrected chi connectivity index (χ3v) is 7.62. The van der Waals surface area contributed by atoms with Crippen molar-refractivity contribution < 1.29 is 4.79 Å². The fourth-order valence-corrected chi connectivity index (χ4v) is 5.65. The third-order valence-electron chi connectivity index (χ3n) is 7.62. The van der Waals surface area contributed by atoms with E-state index in [1.807, 2.05) is 6.07 Å². The summed E-state index contributed by atoms with van der Waals surface area (Å²) in [6.07, 6.45) is 8.49. The number of amides is 1. The zero-order chi connectivity index (χ0) is 22.8. The second-order valence-electron chi connectivity index (χ2n) is 10.1. The van der Waals surface area contributed by atoms with Crippen LogP contribution in [-0.2, 0) is 16.8 Å². The molecule has 0 spiro atoms. The van der Waals surface area contributed by atoms with Gasteiger partial charge in [0.15, 0.2) is 0 Å². The molecule has 0 saturated heterocycles. The number of carbonyl (C=O) groups excluding carboxylic acids is 1. The third kappa shape index (κ3) is 4.42. The molecule has 0 radical (unpaired) electrons. The Hall–Kier alpha value is -2.69. The smallest absolute Gasteiger partial charge is 0.238 e. The first kappa shape index (κ1) is 22.1. The molecule has 0 fully saturated rings. The molecular weight excluding hydrogens is 406 g/mol. The van der Waals surface area contributed by atoms with Crippen LogP contribution in [0.15, 0.2) is 77.9 Å². The van der Waals surface area contributed by atoms with Crippen LogP contribution in [0, 0.1) is 0 Å². The highest BCUT2D eigenvalue weighted by atomic mass is 16.2. The van der Waals surface area contributed by atoms with Crippen LogP contribution in [0.3, 0.4) is 0 Å². The quantitative estimate of drug-likeness (QED) is 0.604. The van der Waals surface area contributed by atoms with Crippen molar-refractivity contribution in [2.75, 3.05) is 45.2 Å². The van der Waals surface area contributed by atoms with Crippen LogP contribution < -0.4 is 4.90 Å². The van der Waals surface area contributed by atoms with Gasteiger partial charge < -0.3 is 14.7 Å². The number of anilines is 1. The molecule has 0 saturated carbocycles. The van der Waals surface area contributed by atoms with Crippen LogP contribution >= 0.6 is 0 Å². The normalized spacial score (nSPS) is 21.0. The van der Waals surface area contributed by atoms with Crippen LogP contribution in [0.4, 0.5) is 5.69 Å². The lowest BCUT2D eigenvalue weighted by atomic mass is 9.70. The molecule has 2 aromatic rings. The van der Waals surface area contributed by atoms with Gasteiger partial charge in [0.05, 0.1) is 12.0 Å². The lowest BCUT2D eigenvalue weighted by molar-refractivity contribution is -0.123. The molecule has 0 bridgehead atoms. The van der Waals surface area contributed by atoms with Crippen molar-refractivity contribution in [3.8, 4) is 0 Å². The Balaban J connectivity index is 1.55. The average Bonchev–Trinajstić information content (AvgIpc) is 3.06. The monoisotopic (exact) mass is 441 g/mol. The van der Waals surface area contributed by atoms with Gasteiger partial charge in [0.25, 0.3) is 0 Å². The zero-order valence-electron chi connectivity index (χ0n) is 20.0. The number of para-hydroxylation sites is 1. The number of fused-ring (bicyclic) bond motifs is 1. The van der Waals surface area contributed by atoms with E-state index in [4.69, 9.17) is 0 Å². The van der Waals surface area contributed by atoms with Crippen molar-refractivity contribution in [2.45, 2.75) is 37.6 Å². The molecule has 3 aliphatic rings. The van der Waals surface area contributed by atoms with Gasteiger partial charge in [0.1, 0.15) is 0 Å². The van der Waals surface area contributed by atoms with Gasteiger partial charge in [-0.1, -0.05) is 71.8 Å². The van der Waals surface area contributed by atoms with Crippen molar-refractivity contribution in [1.29, 1.82) is 0 Å². The molecule has 172 valence electrons. The minimum Gasteiger partial charge on any atom is -0.307 e. The topological polar surface area (TPSA) is 26.8 Å². The number of carbonyl (C=O) groups is 1. The number of hydrogen-bond donors (Lipinski definition) is 0. The van der Waals surface area contributed by atoms with Crippen molar-refractivity contribution >= 4 is 11.6 Å². The number of benzene rings is 2. The summed E-state index contributed by atoms with van der Waals surface area (Å²) in [6.45, 7) is 4.71. The number of rotatable bonds is 6. The first-order chi connectivity index (χ1) is 16.0. The van der Waals surface area contributed by atoms with Gasteiger partial charge in [-0.2, -0.15) is 0 Å². The van der Waals surface area contributed by atoms with E-state index in [0.717, 1.165) is 57.5 Å². The lowest BCUT2D eigenvalue weighted by Gasteiger charge is -2.34. The summed E-state index contributed by atoms with van der Waals surface area (Å²) < 4.78 is 0. The molecule has 4 nitrogen and oxygen atoms in total. The Morgan fingerprint density at radius 2 is 1.36 bits per heavy atom. The lowest BCUT2D eigenvalue weighted by Crippen LogP contribution is -2.42. The molecule has 4 heteroatoms. The largest absolute Gasteiger partial charge is 0.307 e. The molecule has 0 unspecified atom stereocenters. The Bertz CT molecular complexity index is 1040. The van der Waals surface area contributed by atoms with Crippen molar-refractivity contribution in [2.24, 2.45) is 0 Å². The van der Waals surface area contributed by atoms with Gasteiger partial charge in [-0.3, -0.25) is 4.79 Å². The molecule has 1 amide bonds. The summed E-state index contributed by atoms with van der Waals surface area (Å²) in [7, 11) is 4.34. The minimum atomic E-state index is -0.505. The maximum atomic E-state index is 14.4. The number of nitrogens with zero attached hydrogens (tertiary/aromatic N) is 3. The highest BCUT2D eigenvalue weighted by Crippen LogP contribution is 2.50. The van der Waals surface area contributed by atoms with Gasteiger partial charge in [0, 0.05) is 31.9 Å². The summed E-state index contributed by atoms with van der Waals surface area (Å²) in [6, 6.07) is 18.9. The summed E-state index contributed by atoms with van der Waals surface area (Å²) in [4.78, 5) is 21.2. The average molecular weight is 442 g/mol. The summed E-state index contributed by atoms with van der Waals surface area (Å²) in [5.41, 5.74) is 5.85. The fraction of sp³-hybridized carbons (Fsp3) is 0.414. The van der Waals surface area contributed by atoms with Crippen molar-refractivity contribution in [3.05, 3.63) is 89.0 Å². The van der Waals surface area contributed by atoms with E-state index >= 15 is 0 Å². The summed E-state index contributed by atoms with van der Waals surface area (Å²) in [5, 5.41) is 0. The standard InChI is InChI=1S/C29H35N3O/c1-30-16-12-23(13-17-30)20-29(21-24-14-18-31(2)19-15-24)26-10-6-7-11-27(26)32(28(29)33)22-25-8-4-3-5-9-25/h3-12,14H,13,15-22H2,1-2H3. The van der Waals surface area contributed by atoms with E-state index in [0.29, 0.717) is 6.54 Å². The van der Waals surface area contributed by atoms with E-state index in [-0.39, 0.29) is 5.91 Å². The van der Waals surface area contributed by atoms with Crippen molar-refractivity contribution in [1.82, 2.24) is 9.80 Å². The van der Waals surface area contributed by atoms with Crippen LogP contribution in [0.1, 0.15) is 36.8 Å². The molecule has 2 aromatic carbocycles. The fourth-order valence-electron chi connectivity index (χ4n) is 5.65. The second-order valence-corrected chi connectivity index (χ2v) is 10.1. The van der Waals surface area contributed by atoms with Crippen LogP contribution in [0.2, 0.25) is 0 Å². The summed E-state index contributed by atoms with van der Waals surface area (Å²) in [5.74, 6) is 0.271. The zero-order valence-corrected chi connectivity index (χ0v) is 20.0. The predicted molar refractivity (Wildman–Crippen MR) is 135 cm³/mol. The van der Waals surface area contributed by atoms with Crippen LogP contribution in [0.25, 0.3) is 0 Å². The number of hydrogen-bond acceptors (Lipinski definition) is 3. The van der Waals surface area contributed by atoms with Gasteiger partial charge in [-0.25, -0.2) is 0 Å². The Labute approximate surface area is 198 Å². The van der Waals surface area contributed by atoms with E-state index in [2.05, 4.69) is 89.5 Å².